The summed E-state index contributed by atoms with van der Waals surface area (Å²) in [6, 6.07) is 8.44. The Morgan fingerprint density at radius 3 is 3.06 bits per heavy atom. The van der Waals surface area contributed by atoms with Gasteiger partial charge in [-0.05, 0) is 43.5 Å². The van der Waals surface area contributed by atoms with Gasteiger partial charge in [0.15, 0.2) is 16.3 Å². The van der Waals surface area contributed by atoms with Crippen molar-refractivity contribution in [1.82, 2.24) is 5.32 Å². The minimum atomic E-state index is 0.276. The van der Waals surface area contributed by atoms with E-state index in [-0.39, 0.29) is 5.41 Å². The van der Waals surface area contributed by atoms with E-state index in [1.54, 1.807) is 0 Å². The zero-order valence-corrected chi connectivity index (χ0v) is 11.9. The molecule has 1 atom stereocenters. The summed E-state index contributed by atoms with van der Waals surface area (Å²) in [7, 11) is 0. The minimum Gasteiger partial charge on any atom is -0.418 e. The van der Waals surface area contributed by atoms with Gasteiger partial charge >= 0.3 is 0 Å². The van der Waals surface area contributed by atoms with Gasteiger partial charge in [-0.25, -0.2) is 0 Å². The van der Waals surface area contributed by atoms with Gasteiger partial charge in [0.05, 0.1) is 0 Å². The fraction of sp³-hybridized carbons (Fsp3) is 0.571. The SMILES string of the molecule is CCC1(c2cccc(OBr)c2)CCCCNC1. The van der Waals surface area contributed by atoms with Crippen molar-refractivity contribution in [3.8, 4) is 5.75 Å². The van der Waals surface area contributed by atoms with Gasteiger partial charge in [0.2, 0.25) is 0 Å². The molecule has 0 spiro atoms. The average molecular weight is 298 g/mol. The first-order valence-electron chi connectivity index (χ1n) is 6.40. The molecule has 0 amide bonds. The quantitative estimate of drug-likeness (QED) is 0.916. The van der Waals surface area contributed by atoms with E-state index in [1.165, 1.54) is 31.2 Å². The fourth-order valence-electron chi connectivity index (χ4n) is 2.76. The summed E-state index contributed by atoms with van der Waals surface area (Å²) in [5, 5.41) is 3.57. The maximum atomic E-state index is 5.16. The maximum absolute atomic E-state index is 5.16. The van der Waals surface area contributed by atoms with Crippen LogP contribution in [0.25, 0.3) is 0 Å². The van der Waals surface area contributed by atoms with E-state index in [4.69, 9.17) is 3.83 Å². The zero-order chi connectivity index (χ0) is 12.1. The molecule has 1 unspecified atom stereocenters. The number of benzene rings is 1. The Hall–Kier alpha value is -0.540. The van der Waals surface area contributed by atoms with Crippen LogP contribution in [0.5, 0.6) is 5.75 Å². The lowest BCUT2D eigenvalue weighted by Gasteiger charge is -2.32. The molecular formula is C14H20BrNO. The normalized spacial score (nSPS) is 25.3. The summed E-state index contributed by atoms with van der Waals surface area (Å²) in [6.07, 6.45) is 5.03. The van der Waals surface area contributed by atoms with E-state index in [0.717, 1.165) is 18.8 Å². The molecule has 0 saturated carbocycles. The minimum absolute atomic E-state index is 0.276. The molecule has 1 aliphatic heterocycles. The van der Waals surface area contributed by atoms with Gasteiger partial charge in [0.1, 0.15) is 5.75 Å². The van der Waals surface area contributed by atoms with Gasteiger partial charge in [0.25, 0.3) is 0 Å². The Kier molecular flexibility index (Phi) is 4.46. The molecule has 3 heteroatoms. The third-order valence-corrected chi connectivity index (χ3v) is 4.31. The fourth-order valence-corrected chi connectivity index (χ4v) is 2.96. The Morgan fingerprint density at radius 1 is 1.41 bits per heavy atom. The molecule has 2 rings (SSSR count). The van der Waals surface area contributed by atoms with Crippen molar-refractivity contribution in [2.75, 3.05) is 13.1 Å². The highest BCUT2D eigenvalue weighted by atomic mass is 79.9. The predicted octanol–water partition coefficient (Wildman–Crippen LogP) is 3.80. The van der Waals surface area contributed by atoms with Crippen LogP contribution in [0.4, 0.5) is 0 Å². The van der Waals surface area contributed by atoms with Crippen LogP contribution in [-0.4, -0.2) is 13.1 Å². The molecule has 0 radical (unpaired) electrons. The second-order valence-electron chi connectivity index (χ2n) is 4.87. The molecule has 1 aromatic carbocycles. The third kappa shape index (κ3) is 2.83. The summed E-state index contributed by atoms with van der Waals surface area (Å²) in [6.45, 7) is 4.51. The van der Waals surface area contributed by atoms with Crippen LogP contribution in [0.15, 0.2) is 24.3 Å². The average Bonchev–Trinajstić information content (AvgIpc) is 2.65. The van der Waals surface area contributed by atoms with Gasteiger partial charge in [-0.15, -0.1) is 0 Å². The highest BCUT2D eigenvalue weighted by Crippen LogP contribution is 2.36. The van der Waals surface area contributed by atoms with Crippen LogP contribution in [0, 0.1) is 0 Å². The van der Waals surface area contributed by atoms with E-state index >= 15 is 0 Å². The van der Waals surface area contributed by atoms with Gasteiger partial charge in [-0.1, -0.05) is 25.5 Å². The number of nitrogens with one attached hydrogen (secondary N) is 1. The number of rotatable bonds is 3. The van der Waals surface area contributed by atoms with E-state index in [2.05, 4.69) is 46.7 Å². The molecule has 1 fully saturated rings. The molecule has 1 saturated heterocycles. The molecule has 94 valence electrons. The lowest BCUT2D eigenvalue weighted by atomic mass is 9.74. The highest BCUT2D eigenvalue weighted by Gasteiger charge is 2.31. The van der Waals surface area contributed by atoms with Gasteiger partial charge in [-0.2, -0.15) is 0 Å². The van der Waals surface area contributed by atoms with Crippen LogP contribution in [0.2, 0.25) is 0 Å². The van der Waals surface area contributed by atoms with E-state index in [9.17, 15) is 0 Å². The Balaban J connectivity index is 2.31. The lowest BCUT2D eigenvalue weighted by Crippen LogP contribution is -2.36. The van der Waals surface area contributed by atoms with Crippen molar-refractivity contribution in [2.24, 2.45) is 0 Å². The first-order valence-corrected chi connectivity index (χ1v) is 7.05. The van der Waals surface area contributed by atoms with Crippen LogP contribution in [0.1, 0.15) is 38.2 Å². The monoisotopic (exact) mass is 297 g/mol. The van der Waals surface area contributed by atoms with Crippen LogP contribution in [0.3, 0.4) is 0 Å². The molecule has 1 N–H and O–H groups in total. The second kappa shape index (κ2) is 5.87. The maximum Gasteiger partial charge on any atom is 0.179 e. The third-order valence-electron chi connectivity index (χ3n) is 3.93. The van der Waals surface area contributed by atoms with E-state index in [1.807, 2.05) is 6.07 Å². The van der Waals surface area contributed by atoms with E-state index in [0.29, 0.717) is 0 Å². The van der Waals surface area contributed by atoms with Gasteiger partial charge in [-0.3, -0.25) is 0 Å². The Bertz CT molecular complexity index is 359. The van der Waals surface area contributed by atoms with Gasteiger partial charge < -0.3 is 9.15 Å². The standard InChI is InChI=1S/C14H20BrNO/c1-2-14(8-3-4-9-16-11-14)12-6-5-7-13(10-12)17-15/h5-7,10,16H,2-4,8-9,11H2,1H3. The van der Waals surface area contributed by atoms with E-state index < -0.39 is 0 Å². The predicted molar refractivity (Wildman–Crippen MR) is 74.7 cm³/mol. The molecule has 0 aromatic heterocycles. The first kappa shape index (κ1) is 12.9. The van der Waals surface area contributed by atoms with Crippen molar-refractivity contribution in [3.05, 3.63) is 29.8 Å². The summed E-state index contributed by atoms with van der Waals surface area (Å²) in [5.41, 5.74) is 1.67. The highest BCUT2D eigenvalue weighted by molar-refractivity contribution is 9.06. The summed E-state index contributed by atoms with van der Waals surface area (Å²) in [5.74, 6) is 0.888. The molecule has 1 aromatic rings. The topological polar surface area (TPSA) is 21.3 Å². The van der Waals surface area contributed by atoms with Crippen molar-refractivity contribution >= 4 is 16.3 Å². The molecular weight excluding hydrogens is 278 g/mol. The second-order valence-corrected chi connectivity index (χ2v) is 5.20. The van der Waals surface area contributed by atoms with Crippen LogP contribution < -0.4 is 9.15 Å². The molecule has 1 aliphatic rings. The first-order chi connectivity index (χ1) is 8.30. The molecule has 0 aliphatic carbocycles. The van der Waals surface area contributed by atoms with Crippen molar-refractivity contribution in [2.45, 2.75) is 38.0 Å². The lowest BCUT2D eigenvalue weighted by molar-refractivity contribution is 0.376. The van der Waals surface area contributed by atoms with Crippen LogP contribution in [-0.2, 0) is 5.41 Å². The number of halogens is 1. The Labute approximate surface area is 112 Å². The smallest absolute Gasteiger partial charge is 0.179 e. The molecule has 1 heterocycles. The zero-order valence-electron chi connectivity index (χ0n) is 10.3. The number of hydrogen-bond acceptors (Lipinski definition) is 2. The van der Waals surface area contributed by atoms with Gasteiger partial charge in [0, 0.05) is 12.0 Å². The summed E-state index contributed by atoms with van der Waals surface area (Å²) in [4.78, 5) is 0. The Morgan fingerprint density at radius 2 is 2.29 bits per heavy atom. The van der Waals surface area contributed by atoms with Crippen molar-refractivity contribution in [3.63, 3.8) is 0 Å². The molecule has 2 nitrogen and oxygen atoms in total. The largest absolute Gasteiger partial charge is 0.418 e. The van der Waals surface area contributed by atoms with Crippen LogP contribution >= 0.6 is 16.3 Å². The molecule has 0 bridgehead atoms. The molecule has 17 heavy (non-hydrogen) atoms. The van der Waals surface area contributed by atoms with Crippen molar-refractivity contribution < 1.29 is 3.83 Å². The van der Waals surface area contributed by atoms with Crippen molar-refractivity contribution in [1.29, 1.82) is 0 Å². The number of hydrogen-bond donors (Lipinski definition) is 1. The summed E-state index contributed by atoms with van der Waals surface area (Å²) >= 11 is 3.06. The summed E-state index contributed by atoms with van der Waals surface area (Å²) < 4.78 is 5.16.